The van der Waals surface area contributed by atoms with Gasteiger partial charge in [0.05, 0.1) is 6.61 Å². The molecule has 10 heteroatoms. The fraction of sp³-hybridized carbons (Fsp3) is 0.600. The lowest BCUT2D eigenvalue weighted by Gasteiger charge is -2.35. The Morgan fingerprint density at radius 3 is 2.80 bits per heavy atom. The van der Waals surface area contributed by atoms with Crippen molar-refractivity contribution in [3.63, 3.8) is 0 Å². The molecule has 0 aromatic carbocycles. The average Bonchev–Trinajstić information content (AvgIpc) is 2.44. The summed E-state index contributed by atoms with van der Waals surface area (Å²) < 4.78 is 5.53. The predicted octanol–water partition coefficient (Wildman–Crippen LogP) is -1.05. The normalized spacial score (nSPS) is 30.2. The average molecular weight is 415 g/mol. The van der Waals surface area contributed by atoms with Gasteiger partial charge in [0, 0.05) is 0 Å². The summed E-state index contributed by atoms with van der Waals surface area (Å²) >= 11 is 3.09. The molecule has 0 radical (unpaired) electrons. The van der Waals surface area contributed by atoms with Gasteiger partial charge in [-0.05, 0) is 28.8 Å². The van der Waals surface area contributed by atoms with E-state index in [4.69, 9.17) is 4.74 Å². The van der Waals surface area contributed by atoms with Gasteiger partial charge in [0.15, 0.2) is 11.4 Å². The zero-order valence-corrected chi connectivity index (χ0v) is 13.4. The topological polar surface area (TPSA) is 128 Å². The van der Waals surface area contributed by atoms with Crippen LogP contribution >= 0.6 is 34.4 Å². The fourth-order valence-corrected chi connectivity index (χ4v) is 2.49. The number of H-pyrrole nitrogens is 1. The third kappa shape index (κ3) is 3.26. The summed E-state index contributed by atoms with van der Waals surface area (Å²) in [4.78, 5) is 18.5. The second-order valence-corrected chi connectivity index (χ2v) is 6.06. The Morgan fingerprint density at radius 1 is 1.45 bits per heavy atom. The Balaban J connectivity index is 2.22. The van der Waals surface area contributed by atoms with Crippen molar-refractivity contribution >= 4 is 40.2 Å². The maximum Gasteiger partial charge on any atom is 0.267 e. The number of anilines is 1. The van der Waals surface area contributed by atoms with Crippen LogP contribution < -0.4 is 10.9 Å². The molecule has 0 spiro atoms. The zero-order chi connectivity index (χ0) is 14.9. The van der Waals surface area contributed by atoms with Crippen LogP contribution in [0.3, 0.4) is 0 Å². The van der Waals surface area contributed by atoms with E-state index in [1.807, 2.05) is 22.6 Å². The van der Waals surface area contributed by atoms with E-state index in [0.717, 1.165) is 0 Å². The minimum absolute atomic E-state index is 0.120. The molecule has 5 N–H and O–H groups in total. The Morgan fingerprint density at radius 2 is 2.15 bits per heavy atom. The number of nitrogens with one attached hydrogen (secondary N) is 2. The highest BCUT2D eigenvalue weighted by atomic mass is 127. The number of hydrogen-bond donors (Lipinski definition) is 5. The first-order valence-corrected chi connectivity index (χ1v) is 8.00. The number of aliphatic hydroxyl groups is 3. The van der Waals surface area contributed by atoms with Crippen molar-refractivity contribution in [3.8, 4) is 0 Å². The van der Waals surface area contributed by atoms with Crippen LogP contribution in [-0.4, -0.2) is 62.7 Å². The van der Waals surface area contributed by atoms with Crippen LogP contribution in [0.15, 0.2) is 9.95 Å². The van der Waals surface area contributed by atoms with E-state index in [0.29, 0.717) is 8.73 Å². The number of rotatable bonds is 3. The van der Waals surface area contributed by atoms with E-state index in [9.17, 15) is 20.1 Å². The molecular weight excluding hydrogens is 401 g/mol. The van der Waals surface area contributed by atoms with Crippen LogP contribution in [0.5, 0.6) is 0 Å². The maximum absolute atomic E-state index is 11.7. The summed E-state index contributed by atoms with van der Waals surface area (Å²) in [5, 5.41) is 32.0. The zero-order valence-electron chi connectivity index (χ0n) is 10.4. The first kappa shape index (κ1) is 16.0. The number of aliphatic hydroxyl groups excluding tert-OH is 3. The van der Waals surface area contributed by atoms with Gasteiger partial charge in [-0.3, -0.25) is 4.79 Å². The van der Waals surface area contributed by atoms with Crippen molar-refractivity contribution in [3.05, 3.63) is 13.9 Å². The molecule has 0 unspecified atom stereocenters. The lowest BCUT2D eigenvalue weighted by atomic mass is 10.0. The summed E-state index contributed by atoms with van der Waals surface area (Å²) in [5.41, 5.74) is -0.307. The lowest BCUT2D eigenvalue weighted by Crippen LogP contribution is -2.55. The molecule has 1 aromatic heterocycles. The van der Waals surface area contributed by atoms with Gasteiger partial charge in [-0.25, -0.2) is 4.98 Å². The molecule has 1 aromatic rings. The highest BCUT2D eigenvalue weighted by molar-refractivity contribution is 14.1. The number of halogens is 1. The molecule has 0 amide bonds. The summed E-state index contributed by atoms with van der Waals surface area (Å²) in [7, 11) is 0. The van der Waals surface area contributed by atoms with Gasteiger partial charge in [0.2, 0.25) is 0 Å². The van der Waals surface area contributed by atoms with Gasteiger partial charge in [-0.15, -0.1) is 0 Å². The summed E-state index contributed by atoms with van der Waals surface area (Å²) in [5.74, 6) is 0.256. The molecule has 1 aliphatic heterocycles. The van der Waals surface area contributed by atoms with Gasteiger partial charge in [0.1, 0.15) is 27.7 Å². The van der Waals surface area contributed by atoms with Crippen molar-refractivity contribution in [1.29, 1.82) is 0 Å². The van der Waals surface area contributed by atoms with E-state index < -0.39 is 24.5 Å². The third-order valence-corrected chi connectivity index (χ3v) is 4.40. The SMILES string of the molecule is CSc1nc(N[C@@H]2OC[C@@H](O)[C@@H](O)[C@H]2O)c(I)c(=O)[nH]1. The molecule has 0 saturated carbocycles. The van der Waals surface area contributed by atoms with Crippen LogP contribution in [0.2, 0.25) is 0 Å². The van der Waals surface area contributed by atoms with Gasteiger partial charge in [0.25, 0.3) is 5.56 Å². The molecule has 8 nitrogen and oxygen atoms in total. The lowest BCUT2D eigenvalue weighted by molar-refractivity contribution is -0.178. The second kappa shape index (κ2) is 6.58. The standard InChI is InChI=1S/C10H14IN3O5S/c1-20-10-13-7(4(11)8(18)14-10)12-9-6(17)5(16)3(15)2-19-9/h3,5-6,9,15-17H,2H2,1H3,(H2,12,13,14,18)/t3-,5-,6-,9-/m1/s1. The van der Waals surface area contributed by atoms with Gasteiger partial charge in [-0.2, -0.15) is 0 Å². The first-order valence-electron chi connectivity index (χ1n) is 5.70. The van der Waals surface area contributed by atoms with Gasteiger partial charge >= 0.3 is 0 Å². The molecule has 112 valence electrons. The van der Waals surface area contributed by atoms with E-state index in [1.165, 1.54) is 11.8 Å². The Bertz CT molecular complexity index is 542. The van der Waals surface area contributed by atoms with Crippen molar-refractivity contribution < 1.29 is 20.1 Å². The van der Waals surface area contributed by atoms with E-state index in [2.05, 4.69) is 15.3 Å². The third-order valence-electron chi connectivity index (χ3n) is 2.81. The molecule has 1 aliphatic rings. The van der Waals surface area contributed by atoms with E-state index in [1.54, 1.807) is 6.26 Å². The molecule has 2 heterocycles. The Labute approximate surface area is 132 Å². The van der Waals surface area contributed by atoms with Crippen LogP contribution in [0.4, 0.5) is 5.82 Å². The number of aromatic nitrogens is 2. The Kier molecular flexibility index (Phi) is 5.25. The van der Waals surface area contributed by atoms with Crippen molar-refractivity contribution in [1.82, 2.24) is 9.97 Å². The van der Waals surface area contributed by atoms with Crippen LogP contribution in [0.1, 0.15) is 0 Å². The molecule has 1 fully saturated rings. The summed E-state index contributed by atoms with van der Waals surface area (Å²) in [6.45, 7) is -0.120. The monoisotopic (exact) mass is 415 g/mol. The quantitative estimate of drug-likeness (QED) is 0.241. The number of ether oxygens (including phenoxy) is 1. The van der Waals surface area contributed by atoms with Crippen LogP contribution in [-0.2, 0) is 4.74 Å². The smallest absolute Gasteiger partial charge is 0.267 e. The molecule has 2 rings (SSSR count). The van der Waals surface area contributed by atoms with E-state index in [-0.39, 0.29) is 18.0 Å². The minimum atomic E-state index is -1.33. The molecule has 0 aliphatic carbocycles. The highest BCUT2D eigenvalue weighted by Crippen LogP contribution is 2.20. The number of aromatic amines is 1. The second-order valence-electron chi connectivity index (χ2n) is 4.18. The Hall–Kier alpha value is -0.400. The van der Waals surface area contributed by atoms with Crippen LogP contribution in [0.25, 0.3) is 0 Å². The fourth-order valence-electron chi connectivity index (χ4n) is 1.70. The molecule has 0 bridgehead atoms. The number of thioether (sulfide) groups is 1. The first-order chi connectivity index (χ1) is 9.43. The van der Waals surface area contributed by atoms with Gasteiger partial charge < -0.3 is 30.4 Å². The van der Waals surface area contributed by atoms with E-state index >= 15 is 0 Å². The number of hydrogen-bond acceptors (Lipinski definition) is 8. The molecule has 20 heavy (non-hydrogen) atoms. The van der Waals surface area contributed by atoms with Crippen LogP contribution in [0, 0.1) is 3.57 Å². The van der Waals surface area contributed by atoms with Gasteiger partial charge in [-0.1, -0.05) is 11.8 Å². The summed E-state index contributed by atoms with van der Waals surface area (Å²) in [6.07, 6.45) is -2.97. The van der Waals surface area contributed by atoms with Crippen molar-refractivity contribution in [2.45, 2.75) is 29.7 Å². The van der Waals surface area contributed by atoms with Crippen molar-refractivity contribution in [2.75, 3.05) is 18.2 Å². The summed E-state index contributed by atoms with van der Waals surface area (Å²) in [6, 6.07) is 0. The number of nitrogens with zero attached hydrogens (tertiary/aromatic N) is 1. The molecule has 1 saturated heterocycles. The maximum atomic E-state index is 11.7. The molecule has 4 atom stereocenters. The largest absolute Gasteiger partial charge is 0.388 e. The van der Waals surface area contributed by atoms with Crippen molar-refractivity contribution in [2.24, 2.45) is 0 Å². The molecular formula is C10H14IN3O5S. The minimum Gasteiger partial charge on any atom is -0.388 e. The predicted molar refractivity (Wildman–Crippen MR) is 80.7 cm³/mol. The highest BCUT2D eigenvalue weighted by Gasteiger charge is 2.38.